The third kappa shape index (κ3) is 4.46. The summed E-state index contributed by atoms with van der Waals surface area (Å²) in [5.41, 5.74) is 6.17. The van der Waals surface area contributed by atoms with Gasteiger partial charge in [0, 0.05) is 51.2 Å². The summed E-state index contributed by atoms with van der Waals surface area (Å²) < 4.78 is 0. The molecule has 2 unspecified atom stereocenters. The summed E-state index contributed by atoms with van der Waals surface area (Å²) in [6, 6.07) is 0.751. The van der Waals surface area contributed by atoms with Gasteiger partial charge >= 0.3 is 0 Å². The van der Waals surface area contributed by atoms with Crippen LogP contribution >= 0.6 is 0 Å². The molecule has 5 heteroatoms. The Balaban J connectivity index is 1.41. The third-order valence-corrected chi connectivity index (χ3v) is 6.27. The van der Waals surface area contributed by atoms with Gasteiger partial charge in [-0.1, -0.05) is 13.3 Å². The minimum absolute atomic E-state index is 0.250. The Morgan fingerprint density at radius 2 is 1.70 bits per heavy atom. The zero-order valence-electron chi connectivity index (χ0n) is 14.7. The maximum atomic E-state index is 12.4. The van der Waals surface area contributed by atoms with Crippen LogP contribution < -0.4 is 11.1 Å². The van der Waals surface area contributed by atoms with Crippen LogP contribution in [0.15, 0.2) is 0 Å². The topological polar surface area (TPSA) is 61.6 Å². The molecule has 132 valence electrons. The number of hydrogen-bond acceptors (Lipinski definition) is 4. The van der Waals surface area contributed by atoms with E-state index in [0.29, 0.717) is 30.3 Å². The summed E-state index contributed by atoms with van der Waals surface area (Å²) in [5.74, 6) is 1.49. The van der Waals surface area contributed by atoms with E-state index in [-0.39, 0.29) is 5.91 Å². The fourth-order valence-electron chi connectivity index (χ4n) is 4.87. The van der Waals surface area contributed by atoms with Crippen LogP contribution in [-0.4, -0.2) is 67.1 Å². The monoisotopic (exact) mass is 322 g/mol. The van der Waals surface area contributed by atoms with Gasteiger partial charge in [0.05, 0.1) is 0 Å². The van der Waals surface area contributed by atoms with Gasteiger partial charge in [0.1, 0.15) is 0 Å². The van der Waals surface area contributed by atoms with Crippen LogP contribution in [0.2, 0.25) is 0 Å². The molecule has 3 aliphatic rings. The van der Waals surface area contributed by atoms with Crippen molar-refractivity contribution in [3.63, 3.8) is 0 Å². The minimum atomic E-state index is 0.250. The van der Waals surface area contributed by atoms with Crippen molar-refractivity contribution in [3.8, 4) is 0 Å². The van der Waals surface area contributed by atoms with E-state index < -0.39 is 0 Å². The number of carbonyl (C=O) groups is 1. The zero-order chi connectivity index (χ0) is 16.2. The first kappa shape index (κ1) is 17.2. The van der Waals surface area contributed by atoms with Gasteiger partial charge in [-0.25, -0.2) is 0 Å². The van der Waals surface area contributed by atoms with E-state index in [1.54, 1.807) is 0 Å². The molecule has 23 heavy (non-hydrogen) atoms. The normalized spacial score (nSPS) is 35.9. The number of nitrogens with zero attached hydrogens (tertiary/aromatic N) is 2. The van der Waals surface area contributed by atoms with Crippen molar-refractivity contribution in [2.24, 2.45) is 17.6 Å². The third-order valence-electron chi connectivity index (χ3n) is 6.27. The van der Waals surface area contributed by atoms with Crippen LogP contribution in [0.4, 0.5) is 0 Å². The van der Waals surface area contributed by atoms with E-state index in [0.717, 1.165) is 52.1 Å². The summed E-state index contributed by atoms with van der Waals surface area (Å²) in [7, 11) is 0. The van der Waals surface area contributed by atoms with Gasteiger partial charge in [-0.15, -0.1) is 0 Å². The number of nitrogens with two attached hydrogens (primary N) is 1. The molecular weight excluding hydrogens is 288 g/mol. The Morgan fingerprint density at radius 1 is 1.09 bits per heavy atom. The van der Waals surface area contributed by atoms with Crippen molar-refractivity contribution in [1.82, 2.24) is 15.1 Å². The smallest absolute Gasteiger partial charge is 0.221 e. The molecule has 2 aliphatic carbocycles. The highest BCUT2D eigenvalue weighted by atomic mass is 16.1. The lowest BCUT2D eigenvalue weighted by Crippen LogP contribution is -2.54. The number of likely N-dealkylation sites (N-methyl/N-ethyl adjacent to an activating group) is 1. The highest BCUT2D eigenvalue weighted by Gasteiger charge is 2.39. The van der Waals surface area contributed by atoms with Crippen molar-refractivity contribution < 1.29 is 4.79 Å². The summed E-state index contributed by atoms with van der Waals surface area (Å²) in [4.78, 5) is 17.3. The Kier molecular flexibility index (Phi) is 5.94. The van der Waals surface area contributed by atoms with Gasteiger partial charge < -0.3 is 20.9 Å². The number of fused-ring (bicyclic) bond motifs is 2. The molecule has 3 rings (SSSR count). The molecule has 2 saturated carbocycles. The van der Waals surface area contributed by atoms with Gasteiger partial charge in [0.25, 0.3) is 0 Å². The zero-order valence-corrected chi connectivity index (χ0v) is 14.7. The van der Waals surface area contributed by atoms with Gasteiger partial charge in [-0.05, 0) is 44.1 Å². The average molecular weight is 322 g/mol. The second-order valence-electron chi connectivity index (χ2n) is 7.80. The molecule has 2 bridgehead atoms. The quantitative estimate of drug-likeness (QED) is 0.794. The maximum absolute atomic E-state index is 12.4. The van der Waals surface area contributed by atoms with Gasteiger partial charge in [-0.3, -0.25) is 4.79 Å². The van der Waals surface area contributed by atoms with Crippen LogP contribution in [0.25, 0.3) is 0 Å². The summed E-state index contributed by atoms with van der Waals surface area (Å²) in [6.45, 7) is 8.75. The number of hydrogen-bond donors (Lipinski definition) is 2. The van der Waals surface area contributed by atoms with Crippen molar-refractivity contribution in [1.29, 1.82) is 0 Å². The van der Waals surface area contributed by atoms with E-state index in [4.69, 9.17) is 5.73 Å². The first-order valence-corrected chi connectivity index (χ1v) is 9.65. The van der Waals surface area contributed by atoms with Crippen LogP contribution in [0.1, 0.15) is 45.4 Å². The summed E-state index contributed by atoms with van der Waals surface area (Å²) in [5, 5.41) is 3.37. The predicted molar refractivity (Wildman–Crippen MR) is 93.1 cm³/mol. The first-order valence-electron chi connectivity index (χ1n) is 9.65. The van der Waals surface area contributed by atoms with E-state index >= 15 is 0 Å². The molecule has 0 spiro atoms. The highest BCUT2D eigenvalue weighted by Crippen LogP contribution is 2.39. The second kappa shape index (κ2) is 7.95. The van der Waals surface area contributed by atoms with Gasteiger partial charge in [-0.2, -0.15) is 0 Å². The highest BCUT2D eigenvalue weighted by molar-refractivity contribution is 5.76. The average Bonchev–Trinajstić information content (AvgIpc) is 2.54. The molecule has 1 amide bonds. The number of carbonyl (C=O) groups excluding carboxylic acids is 1. The Labute approximate surface area is 140 Å². The fourth-order valence-corrected chi connectivity index (χ4v) is 4.87. The Bertz CT molecular complexity index is 380. The van der Waals surface area contributed by atoms with E-state index in [2.05, 4.69) is 22.0 Å². The van der Waals surface area contributed by atoms with Crippen molar-refractivity contribution in [2.75, 3.05) is 39.3 Å². The van der Waals surface area contributed by atoms with E-state index in [9.17, 15) is 4.79 Å². The van der Waals surface area contributed by atoms with E-state index in [1.165, 1.54) is 19.3 Å². The minimum Gasteiger partial charge on any atom is -0.353 e. The van der Waals surface area contributed by atoms with E-state index in [1.807, 2.05) is 0 Å². The number of rotatable bonds is 5. The lowest BCUT2D eigenvalue weighted by Gasteiger charge is -2.45. The van der Waals surface area contributed by atoms with Crippen LogP contribution in [-0.2, 0) is 4.79 Å². The SMILES string of the molecule is CCN1CCN(CCC(=O)NC2C3CCCC2CC(N)C3)CC1. The maximum Gasteiger partial charge on any atom is 0.221 e. The van der Waals surface area contributed by atoms with Crippen LogP contribution in [0, 0.1) is 11.8 Å². The number of piperazine rings is 1. The largest absolute Gasteiger partial charge is 0.353 e. The lowest BCUT2D eigenvalue weighted by molar-refractivity contribution is -0.123. The van der Waals surface area contributed by atoms with Crippen molar-refractivity contribution in [3.05, 3.63) is 0 Å². The summed E-state index contributed by atoms with van der Waals surface area (Å²) >= 11 is 0. The number of nitrogens with one attached hydrogen (secondary N) is 1. The molecular formula is C18H34N4O. The second-order valence-corrected chi connectivity index (χ2v) is 7.80. The molecule has 0 aromatic rings. The fraction of sp³-hybridized carbons (Fsp3) is 0.944. The molecule has 1 saturated heterocycles. The lowest BCUT2D eigenvalue weighted by atomic mass is 9.67. The number of amides is 1. The molecule has 3 fully saturated rings. The molecule has 1 aliphatic heterocycles. The van der Waals surface area contributed by atoms with Crippen LogP contribution in [0.5, 0.6) is 0 Å². The summed E-state index contributed by atoms with van der Waals surface area (Å²) in [6.07, 6.45) is 6.65. The first-order chi connectivity index (χ1) is 11.2. The molecule has 0 radical (unpaired) electrons. The standard InChI is InChI=1S/C18H34N4O/c1-2-21-8-10-22(11-9-21)7-6-17(23)20-18-14-4-3-5-15(18)13-16(19)12-14/h14-16,18H,2-13,19H2,1H3,(H,20,23). The van der Waals surface area contributed by atoms with Gasteiger partial charge in [0.15, 0.2) is 0 Å². The Morgan fingerprint density at radius 3 is 2.30 bits per heavy atom. The molecule has 3 N–H and O–H groups in total. The van der Waals surface area contributed by atoms with Crippen LogP contribution in [0.3, 0.4) is 0 Å². The van der Waals surface area contributed by atoms with Crippen molar-refractivity contribution >= 4 is 5.91 Å². The predicted octanol–water partition coefficient (Wildman–Crippen LogP) is 1.04. The Hall–Kier alpha value is -0.650. The molecule has 2 atom stereocenters. The molecule has 5 nitrogen and oxygen atoms in total. The van der Waals surface area contributed by atoms with Gasteiger partial charge in [0.2, 0.25) is 5.91 Å². The molecule has 0 aromatic heterocycles. The molecule has 0 aromatic carbocycles. The van der Waals surface area contributed by atoms with Crippen molar-refractivity contribution in [2.45, 2.75) is 57.5 Å². The molecule has 1 heterocycles.